The Morgan fingerprint density at radius 3 is 2.86 bits per heavy atom. The molecule has 0 saturated carbocycles. The molecule has 0 spiro atoms. The summed E-state index contributed by atoms with van der Waals surface area (Å²) >= 11 is 0. The molecule has 1 amide bonds. The molecule has 6 heteroatoms. The molecule has 4 aliphatic rings. The number of piperidine rings is 1. The average Bonchev–Trinajstić information content (AvgIpc) is 3.09. The maximum Gasteiger partial charge on any atom is 0.248 e. The van der Waals surface area contributed by atoms with Crippen molar-refractivity contribution in [1.82, 2.24) is 15.1 Å². The number of aliphatic hydroxyl groups is 1. The summed E-state index contributed by atoms with van der Waals surface area (Å²) in [5.74, 6) is 1.28. The first-order valence-electron chi connectivity index (χ1n) is 10.4. The van der Waals surface area contributed by atoms with E-state index in [1.807, 2.05) is 12.3 Å². The Morgan fingerprint density at radius 2 is 2.03 bits per heavy atom. The van der Waals surface area contributed by atoms with Gasteiger partial charge in [0.15, 0.2) is 0 Å². The molecule has 0 aromatic heterocycles. The van der Waals surface area contributed by atoms with Gasteiger partial charge >= 0.3 is 0 Å². The van der Waals surface area contributed by atoms with Gasteiger partial charge in [-0.3, -0.25) is 9.69 Å². The van der Waals surface area contributed by atoms with Crippen molar-refractivity contribution in [1.29, 1.82) is 0 Å². The summed E-state index contributed by atoms with van der Waals surface area (Å²) < 4.78 is 0. The van der Waals surface area contributed by atoms with Crippen molar-refractivity contribution in [3.63, 3.8) is 0 Å². The highest BCUT2D eigenvalue weighted by atomic mass is 16.3. The Morgan fingerprint density at radius 1 is 1.17 bits per heavy atom. The van der Waals surface area contributed by atoms with Crippen LogP contribution in [0.1, 0.15) is 30.4 Å². The van der Waals surface area contributed by atoms with Crippen LogP contribution in [-0.2, 0) is 11.3 Å². The second kappa shape index (κ2) is 7.61. The standard InChI is InChI=1S/C23H26N4O2/c28-15-17-2-1-10-26(14-17)13-16-3-5-18(6-4-16)23-24-12-19-7-8-21(29)25-20-9-11-27(23)22(19)20/h3-8,12,17,28H,1-2,9-11,13-15H2,(H,25,29). The Kier molecular flexibility index (Phi) is 4.81. The summed E-state index contributed by atoms with van der Waals surface area (Å²) in [6.45, 7) is 4.11. The van der Waals surface area contributed by atoms with Gasteiger partial charge in [-0.1, -0.05) is 24.3 Å². The zero-order valence-electron chi connectivity index (χ0n) is 16.5. The summed E-state index contributed by atoms with van der Waals surface area (Å²) in [6.07, 6.45) is 8.38. The molecule has 1 aromatic rings. The van der Waals surface area contributed by atoms with Gasteiger partial charge in [-0.2, -0.15) is 0 Å². The molecule has 150 valence electrons. The third-order valence-corrected chi connectivity index (χ3v) is 6.16. The van der Waals surface area contributed by atoms with Crippen molar-refractivity contribution in [2.45, 2.75) is 25.8 Å². The van der Waals surface area contributed by atoms with Gasteiger partial charge < -0.3 is 15.3 Å². The lowest BCUT2D eigenvalue weighted by Gasteiger charge is -2.32. The first-order valence-corrected chi connectivity index (χ1v) is 10.4. The van der Waals surface area contributed by atoms with E-state index in [1.54, 1.807) is 6.08 Å². The Labute approximate surface area is 170 Å². The number of nitrogens with zero attached hydrogens (tertiary/aromatic N) is 3. The fourth-order valence-electron chi connectivity index (χ4n) is 4.71. The van der Waals surface area contributed by atoms with E-state index in [4.69, 9.17) is 4.99 Å². The molecule has 1 atom stereocenters. The molecular weight excluding hydrogens is 364 g/mol. The van der Waals surface area contributed by atoms with Gasteiger partial charge in [0.25, 0.3) is 0 Å². The number of carbonyl (C=O) groups is 1. The number of nitrogens with one attached hydrogen (secondary N) is 1. The summed E-state index contributed by atoms with van der Waals surface area (Å²) in [6, 6.07) is 8.65. The van der Waals surface area contributed by atoms with Crippen LogP contribution in [0, 0.1) is 5.92 Å². The lowest BCUT2D eigenvalue weighted by molar-refractivity contribution is -0.115. The third kappa shape index (κ3) is 3.54. The van der Waals surface area contributed by atoms with E-state index < -0.39 is 0 Å². The molecule has 29 heavy (non-hydrogen) atoms. The molecule has 1 fully saturated rings. The van der Waals surface area contributed by atoms with Crippen LogP contribution in [0.3, 0.4) is 0 Å². The molecule has 1 saturated heterocycles. The van der Waals surface area contributed by atoms with Gasteiger partial charge in [0.2, 0.25) is 5.91 Å². The summed E-state index contributed by atoms with van der Waals surface area (Å²) in [5.41, 5.74) is 5.42. The summed E-state index contributed by atoms with van der Waals surface area (Å²) in [7, 11) is 0. The van der Waals surface area contributed by atoms with E-state index in [1.165, 1.54) is 5.56 Å². The van der Waals surface area contributed by atoms with Gasteiger partial charge in [-0.05, 0) is 36.9 Å². The van der Waals surface area contributed by atoms with Gasteiger partial charge in [0, 0.05) is 61.8 Å². The molecule has 2 N–H and O–H groups in total. The lowest BCUT2D eigenvalue weighted by atomic mass is 9.98. The van der Waals surface area contributed by atoms with Crippen molar-refractivity contribution in [2.24, 2.45) is 10.9 Å². The number of allylic oxidation sites excluding steroid dienone is 1. The molecule has 0 bridgehead atoms. The van der Waals surface area contributed by atoms with E-state index in [2.05, 4.69) is 39.4 Å². The molecule has 0 radical (unpaired) electrons. The predicted octanol–water partition coefficient (Wildman–Crippen LogP) is 2.14. The van der Waals surface area contributed by atoms with Gasteiger partial charge in [0.1, 0.15) is 5.84 Å². The summed E-state index contributed by atoms with van der Waals surface area (Å²) in [4.78, 5) is 21.2. The highest BCUT2D eigenvalue weighted by Crippen LogP contribution is 2.34. The topological polar surface area (TPSA) is 68.2 Å². The number of likely N-dealkylation sites (tertiary alicyclic amines) is 1. The number of amides is 1. The van der Waals surface area contributed by atoms with Crippen molar-refractivity contribution >= 4 is 11.7 Å². The number of carbonyl (C=O) groups excluding carboxylic acids is 1. The largest absolute Gasteiger partial charge is 0.396 e. The normalized spacial score (nSPS) is 24.1. The monoisotopic (exact) mass is 390 g/mol. The van der Waals surface area contributed by atoms with E-state index in [0.29, 0.717) is 5.92 Å². The zero-order valence-corrected chi connectivity index (χ0v) is 16.5. The van der Waals surface area contributed by atoms with Crippen LogP contribution in [0.2, 0.25) is 0 Å². The number of rotatable bonds is 4. The second-order valence-corrected chi connectivity index (χ2v) is 8.21. The zero-order chi connectivity index (χ0) is 19.8. The van der Waals surface area contributed by atoms with Crippen LogP contribution in [0.25, 0.3) is 0 Å². The summed E-state index contributed by atoms with van der Waals surface area (Å²) in [5, 5.41) is 12.4. The Hall–Kier alpha value is -2.70. The quantitative estimate of drug-likeness (QED) is 0.827. The first-order chi connectivity index (χ1) is 14.2. The smallest absolute Gasteiger partial charge is 0.248 e. The van der Waals surface area contributed by atoms with E-state index in [-0.39, 0.29) is 12.5 Å². The van der Waals surface area contributed by atoms with E-state index in [9.17, 15) is 9.90 Å². The van der Waals surface area contributed by atoms with Crippen LogP contribution in [0.5, 0.6) is 0 Å². The lowest BCUT2D eigenvalue weighted by Crippen LogP contribution is -2.36. The highest BCUT2D eigenvalue weighted by molar-refractivity contribution is 6.02. The van der Waals surface area contributed by atoms with Crippen LogP contribution >= 0.6 is 0 Å². The molecule has 0 aliphatic carbocycles. The maximum absolute atomic E-state index is 11.9. The molecule has 5 rings (SSSR count). The number of benzene rings is 1. The van der Waals surface area contributed by atoms with Crippen molar-refractivity contribution in [3.05, 3.63) is 70.7 Å². The van der Waals surface area contributed by atoms with E-state index >= 15 is 0 Å². The van der Waals surface area contributed by atoms with Crippen LogP contribution in [0.15, 0.2) is 64.6 Å². The van der Waals surface area contributed by atoms with Gasteiger partial charge in [0.05, 0.1) is 5.70 Å². The Bertz CT molecular complexity index is 942. The minimum absolute atomic E-state index is 0.0725. The van der Waals surface area contributed by atoms with Crippen LogP contribution in [-0.4, -0.2) is 52.9 Å². The second-order valence-electron chi connectivity index (χ2n) is 8.21. The number of aliphatic imine (C=N–C) groups is 1. The molecule has 4 heterocycles. The SMILES string of the molecule is O=C1C=CC2=CN=C(c3ccc(CN4CCCC(CO)C4)cc3)N3CCC(=C23)N1. The van der Waals surface area contributed by atoms with Crippen LogP contribution in [0.4, 0.5) is 0 Å². The van der Waals surface area contributed by atoms with Gasteiger partial charge in [-0.25, -0.2) is 4.99 Å². The number of hydrogen-bond donors (Lipinski definition) is 2. The maximum atomic E-state index is 11.9. The third-order valence-electron chi connectivity index (χ3n) is 6.16. The van der Waals surface area contributed by atoms with Crippen LogP contribution < -0.4 is 5.32 Å². The average molecular weight is 390 g/mol. The fourth-order valence-corrected chi connectivity index (χ4v) is 4.71. The van der Waals surface area contributed by atoms with Gasteiger partial charge in [-0.15, -0.1) is 0 Å². The van der Waals surface area contributed by atoms with E-state index in [0.717, 1.165) is 73.8 Å². The molecule has 1 unspecified atom stereocenters. The minimum Gasteiger partial charge on any atom is -0.396 e. The highest BCUT2D eigenvalue weighted by Gasteiger charge is 2.32. The molecule has 4 aliphatic heterocycles. The number of amidine groups is 1. The number of aliphatic hydroxyl groups excluding tert-OH is 1. The molecule has 6 nitrogen and oxygen atoms in total. The first kappa shape index (κ1) is 18.3. The van der Waals surface area contributed by atoms with Crippen molar-refractivity contribution < 1.29 is 9.90 Å². The van der Waals surface area contributed by atoms with Crippen molar-refractivity contribution in [3.8, 4) is 0 Å². The molecular formula is C23H26N4O2. The molecule has 1 aromatic carbocycles. The number of hydrogen-bond acceptors (Lipinski definition) is 5. The van der Waals surface area contributed by atoms with Crippen molar-refractivity contribution in [2.75, 3.05) is 26.2 Å². The fraction of sp³-hybridized carbons (Fsp3) is 0.391. The Balaban J connectivity index is 1.35. The predicted molar refractivity (Wildman–Crippen MR) is 112 cm³/mol. The minimum atomic E-state index is -0.0725.